The van der Waals surface area contributed by atoms with E-state index in [1.54, 1.807) is 13.8 Å². The lowest BCUT2D eigenvalue weighted by Crippen LogP contribution is -2.25. The number of esters is 1. The van der Waals surface area contributed by atoms with Crippen LogP contribution in [0, 0.1) is 12.7 Å². The van der Waals surface area contributed by atoms with Gasteiger partial charge in [-0.1, -0.05) is 0 Å². The van der Waals surface area contributed by atoms with Crippen LogP contribution in [0.25, 0.3) is 10.2 Å². The van der Waals surface area contributed by atoms with Crippen molar-refractivity contribution in [3.63, 3.8) is 0 Å². The third-order valence-electron chi connectivity index (χ3n) is 4.15. The van der Waals surface area contributed by atoms with E-state index in [9.17, 15) is 18.8 Å². The van der Waals surface area contributed by atoms with Gasteiger partial charge in [0.2, 0.25) is 0 Å². The summed E-state index contributed by atoms with van der Waals surface area (Å²) in [5.41, 5.74) is 0.0304. The van der Waals surface area contributed by atoms with Gasteiger partial charge in [0, 0.05) is 0 Å². The van der Waals surface area contributed by atoms with E-state index in [1.807, 2.05) is 0 Å². The molecule has 0 spiro atoms. The predicted octanol–water partition coefficient (Wildman–Crippen LogP) is 2.97. The Morgan fingerprint density at radius 2 is 2.07 bits per heavy atom. The maximum absolute atomic E-state index is 13.5. The summed E-state index contributed by atoms with van der Waals surface area (Å²) in [4.78, 5) is 42.4. The minimum Gasteiger partial charge on any atom is -0.496 e. The topological polar surface area (TPSA) is 87.5 Å². The Morgan fingerprint density at radius 1 is 1.32 bits per heavy atom. The average molecular weight is 404 g/mol. The molecule has 146 valence electrons. The van der Waals surface area contributed by atoms with E-state index in [-0.39, 0.29) is 29.9 Å². The van der Waals surface area contributed by atoms with Crippen LogP contribution in [0.2, 0.25) is 0 Å². The van der Waals surface area contributed by atoms with Crippen LogP contribution < -0.4 is 10.3 Å². The van der Waals surface area contributed by atoms with Crippen LogP contribution in [-0.4, -0.2) is 35.0 Å². The van der Waals surface area contributed by atoms with Crippen LogP contribution in [0.3, 0.4) is 0 Å². The molecule has 0 radical (unpaired) electrons. The first kappa shape index (κ1) is 19.7. The van der Waals surface area contributed by atoms with Crippen molar-refractivity contribution in [2.75, 3.05) is 13.7 Å². The maximum atomic E-state index is 13.5. The van der Waals surface area contributed by atoms with Gasteiger partial charge < -0.3 is 9.47 Å². The van der Waals surface area contributed by atoms with E-state index >= 15 is 0 Å². The van der Waals surface area contributed by atoms with E-state index in [2.05, 4.69) is 4.98 Å². The number of benzene rings is 1. The Kier molecular flexibility index (Phi) is 5.55. The van der Waals surface area contributed by atoms with Crippen LogP contribution in [0.4, 0.5) is 4.39 Å². The van der Waals surface area contributed by atoms with E-state index in [4.69, 9.17) is 9.47 Å². The molecule has 0 N–H and O–H groups in total. The van der Waals surface area contributed by atoms with Crippen molar-refractivity contribution in [3.05, 3.63) is 56.7 Å². The number of hydrogen-bond donors (Lipinski definition) is 0. The van der Waals surface area contributed by atoms with Gasteiger partial charge in [-0.25, -0.2) is 14.2 Å². The summed E-state index contributed by atoms with van der Waals surface area (Å²) in [5, 5.41) is 0.259. The summed E-state index contributed by atoms with van der Waals surface area (Å²) in [6.45, 7) is 3.20. The van der Waals surface area contributed by atoms with Crippen molar-refractivity contribution in [1.29, 1.82) is 0 Å². The third kappa shape index (κ3) is 3.53. The molecule has 28 heavy (non-hydrogen) atoms. The monoisotopic (exact) mass is 404 g/mol. The number of nitrogens with zero attached hydrogens (tertiary/aromatic N) is 2. The molecule has 0 amide bonds. The Balaban J connectivity index is 2.01. The molecule has 0 fully saturated rings. The zero-order valence-electron chi connectivity index (χ0n) is 15.4. The van der Waals surface area contributed by atoms with Crippen LogP contribution in [0.15, 0.2) is 29.3 Å². The number of halogens is 1. The molecule has 9 heteroatoms. The molecule has 0 unspecified atom stereocenters. The minimum absolute atomic E-state index is 0.0313. The van der Waals surface area contributed by atoms with Gasteiger partial charge in [0.15, 0.2) is 5.78 Å². The predicted molar refractivity (Wildman–Crippen MR) is 102 cm³/mol. The van der Waals surface area contributed by atoms with Crippen molar-refractivity contribution < 1.29 is 23.5 Å². The van der Waals surface area contributed by atoms with Crippen molar-refractivity contribution >= 4 is 33.3 Å². The van der Waals surface area contributed by atoms with Gasteiger partial charge in [-0.05, 0) is 37.6 Å². The third-order valence-corrected chi connectivity index (χ3v) is 5.33. The van der Waals surface area contributed by atoms with E-state index in [0.717, 1.165) is 22.0 Å². The largest absolute Gasteiger partial charge is 0.496 e. The summed E-state index contributed by atoms with van der Waals surface area (Å²) in [6, 6.07) is 3.59. The standard InChI is InChI=1S/C19H17FN2O5S/c1-4-27-19(25)16-10(2)15-17(28-16)21-9-22(18(15)24)8-13(23)12-7-11(20)5-6-14(12)26-3/h5-7,9H,4,8H2,1-3H3. The van der Waals surface area contributed by atoms with Gasteiger partial charge in [-0.3, -0.25) is 14.2 Å². The summed E-state index contributed by atoms with van der Waals surface area (Å²) >= 11 is 1.06. The number of methoxy groups -OCH3 is 1. The normalized spacial score (nSPS) is 10.9. The number of Topliss-reactive ketones (excluding diaryl/α,β-unsaturated/α-hetero) is 1. The lowest BCUT2D eigenvalue weighted by Gasteiger charge is -2.09. The van der Waals surface area contributed by atoms with Crippen molar-refractivity contribution in [2.24, 2.45) is 0 Å². The molecule has 7 nitrogen and oxygen atoms in total. The lowest BCUT2D eigenvalue weighted by molar-refractivity contribution is 0.0531. The smallest absolute Gasteiger partial charge is 0.348 e. The molecule has 0 aliphatic heterocycles. The summed E-state index contributed by atoms with van der Waals surface area (Å²) in [6.07, 6.45) is 1.24. The average Bonchev–Trinajstić information content (AvgIpc) is 3.01. The van der Waals surface area contributed by atoms with Crippen molar-refractivity contribution in [3.8, 4) is 5.75 Å². The molecule has 3 aromatic rings. The number of aryl methyl sites for hydroxylation is 1. The molecule has 0 aliphatic carbocycles. The van der Waals surface area contributed by atoms with Crippen molar-refractivity contribution in [2.45, 2.75) is 20.4 Å². The van der Waals surface area contributed by atoms with Crippen molar-refractivity contribution in [1.82, 2.24) is 9.55 Å². The number of aromatic nitrogens is 2. The van der Waals surface area contributed by atoms with Crippen LogP contribution in [0.1, 0.15) is 32.5 Å². The fourth-order valence-corrected chi connectivity index (χ4v) is 3.83. The van der Waals surface area contributed by atoms with Gasteiger partial charge in [0.05, 0.1) is 37.5 Å². The first-order valence-corrected chi connectivity index (χ1v) is 9.21. The second-order valence-electron chi connectivity index (χ2n) is 5.90. The zero-order chi connectivity index (χ0) is 20.4. The molecule has 0 aliphatic rings. The highest BCUT2D eigenvalue weighted by Crippen LogP contribution is 2.27. The van der Waals surface area contributed by atoms with Gasteiger partial charge in [0.1, 0.15) is 21.3 Å². The number of carbonyl (C=O) groups is 2. The van der Waals surface area contributed by atoms with E-state index in [0.29, 0.717) is 15.3 Å². The van der Waals surface area contributed by atoms with E-state index < -0.39 is 23.1 Å². The SMILES string of the molecule is CCOC(=O)c1sc2ncn(CC(=O)c3cc(F)ccc3OC)c(=O)c2c1C. The molecule has 0 saturated heterocycles. The Morgan fingerprint density at radius 3 is 2.75 bits per heavy atom. The van der Waals surface area contributed by atoms with Crippen LogP contribution in [-0.2, 0) is 11.3 Å². The number of ether oxygens (including phenoxy) is 2. The first-order chi connectivity index (χ1) is 13.4. The Bertz CT molecular complexity index is 1140. The zero-order valence-corrected chi connectivity index (χ0v) is 16.3. The minimum atomic E-state index is -0.585. The lowest BCUT2D eigenvalue weighted by atomic mass is 10.1. The fraction of sp³-hybridized carbons (Fsp3) is 0.263. The number of fused-ring (bicyclic) bond motifs is 1. The summed E-state index contributed by atoms with van der Waals surface area (Å²) < 4.78 is 24.8. The molecule has 0 bridgehead atoms. The molecule has 3 rings (SSSR count). The fourth-order valence-electron chi connectivity index (χ4n) is 2.80. The van der Waals surface area contributed by atoms with Crippen LogP contribution in [0.5, 0.6) is 5.75 Å². The molecular formula is C19H17FN2O5S. The van der Waals surface area contributed by atoms with Gasteiger partial charge in [-0.2, -0.15) is 0 Å². The van der Waals surface area contributed by atoms with Gasteiger partial charge in [-0.15, -0.1) is 11.3 Å². The highest BCUT2D eigenvalue weighted by Gasteiger charge is 2.21. The number of hydrogen-bond acceptors (Lipinski definition) is 7. The summed E-state index contributed by atoms with van der Waals surface area (Å²) in [5.74, 6) is -1.39. The maximum Gasteiger partial charge on any atom is 0.348 e. The highest BCUT2D eigenvalue weighted by molar-refractivity contribution is 7.20. The van der Waals surface area contributed by atoms with E-state index in [1.165, 1.54) is 25.6 Å². The molecular weight excluding hydrogens is 387 g/mol. The Hall–Kier alpha value is -3.07. The molecule has 2 aromatic heterocycles. The molecule has 0 saturated carbocycles. The van der Waals surface area contributed by atoms with Crippen LogP contribution >= 0.6 is 11.3 Å². The summed E-state index contributed by atoms with van der Waals surface area (Å²) in [7, 11) is 1.37. The number of thiophene rings is 1. The number of ketones is 1. The second kappa shape index (κ2) is 7.89. The number of carbonyl (C=O) groups excluding carboxylic acids is 2. The molecule has 2 heterocycles. The van der Waals surface area contributed by atoms with Gasteiger partial charge >= 0.3 is 5.97 Å². The quantitative estimate of drug-likeness (QED) is 0.464. The highest BCUT2D eigenvalue weighted by atomic mass is 32.1. The Labute approximate surface area is 163 Å². The number of rotatable bonds is 6. The second-order valence-corrected chi connectivity index (χ2v) is 6.90. The first-order valence-electron chi connectivity index (χ1n) is 8.39. The van der Waals surface area contributed by atoms with Gasteiger partial charge in [0.25, 0.3) is 5.56 Å². The molecule has 1 aromatic carbocycles. The molecule has 0 atom stereocenters.